The first-order chi connectivity index (χ1) is 9.48. The second kappa shape index (κ2) is 6.34. The van der Waals surface area contributed by atoms with Crippen molar-refractivity contribution in [3.8, 4) is 0 Å². The highest BCUT2D eigenvalue weighted by Gasteiger charge is 2.16. The Morgan fingerprint density at radius 1 is 1.30 bits per heavy atom. The van der Waals surface area contributed by atoms with Crippen molar-refractivity contribution in [3.05, 3.63) is 30.0 Å². The van der Waals surface area contributed by atoms with E-state index in [-0.39, 0.29) is 5.75 Å². The number of para-hydroxylation sites is 1. The molecule has 2 rings (SSSR count). The molecular formula is C13H19N3O3S. The van der Waals surface area contributed by atoms with Gasteiger partial charge in [0.1, 0.15) is 11.4 Å². The normalized spacial score (nSPS) is 12.3. The van der Waals surface area contributed by atoms with Crippen molar-refractivity contribution in [2.24, 2.45) is 0 Å². The van der Waals surface area contributed by atoms with Crippen molar-refractivity contribution in [1.29, 1.82) is 0 Å². The molecule has 0 spiro atoms. The minimum Gasteiger partial charge on any atom is -0.356 e. The van der Waals surface area contributed by atoms with E-state index in [1.165, 1.54) is 0 Å². The van der Waals surface area contributed by atoms with Crippen LogP contribution in [0.4, 0.5) is 0 Å². The maximum atomic E-state index is 12.0. The van der Waals surface area contributed by atoms with E-state index < -0.39 is 10.0 Å². The molecule has 0 unspecified atom stereocenters. The topological polar surface area (TPSA) is 75.4 Å². The molecule has 0 aliphatic heterocycles. The molecule has 0 fully saturated rings. The van der Waals surface area contributed by atoms with Gasteiger partial charge in [-0.15, -0.1) is 0 Å². The Morgan fingerprint density at radius 3 is 2.80 bits per heavy atom. The van der Waals surface area contributed by atoms with Gasteiger partial charge in [-0.25, -0.2) is 13.1 Å². The van der Waals surface area contributed by atoms with Gasteiger partial charge in [0.05, 0.1) is 0 Å². The zero-order valence-corrected chi connectivity index (χ0v) is 12.5. The van der Waals surface area contributed by atoms with Crippen LogP contribution in [0.1, 0.15) is 12.1 Å². The lowest BCUT2D eigenvalue weighted by atomic mass is 10.2. The number of fused-ring (bicyclic) bond motifs is 1. The monoisotopic (exact) mass is 297 g/mol. The molecule has 0 radical (unpaired) electrons. The summed E-state index contributed by atoms with van der Waals surface area (Å²) in [4.78, 5) is 2.01. The average Bonchev–Trinajstić information content (AvgIpc) is 2.78. The third-order valence-corrected chi connectivity index (χ3v) is 4.18. The molecule has 2 aromatic rings. The summed E-state index contributed by atoms with van der Waals surface area (Å²) in [7, 11) is 0.524. The van der Waals surface area contributed by atoms with E-state index in [1.807, 2.05) is 37.2 Å². The molecule has 1 aromatic heterocycles. The summed E-state index contributed by atoms with van der Waals surface area (Å²) < 4.78 is 31.6. The van der Waals surface area contributed by atoms with Gasteiger partial charge in [-0.1, -0.05) is 17.3 Å². The highest BCUT2D eigenvalue weighted by atomic mass is 32.2. The zero-order chi connectivity index (χ0) is 14.6. The number of nitrogens with zero attached hydrogens (tertiary/aromatic N) is 2. The van der Waals surface area contributed by atoms with E-state index in [2.05, 4.69) is 9.88 Å². The van der Waals surface area contributed by atoms with E-state index in [9.17, 15) is 8.42 Å². The van der Waals surface area contributed by atoms with Crippen molar-refractivity contribution < 1.29 is 12.9 Å². The summed E-state index contributed by atoms with van der Waals surface area (Å²) in [5.74, 6) is -0.161. The van der Waals surface area contributed by atoms with Gasteiger partial charge in [-0.3, -0.25) is 0 Å². The second-order valence-electron chi connectivity index (χ2n) is 4.94. The van der Waals surface area contributed by atoms with Crippen LogP contribution in [0.5, 0.6) is 0 Å². The van der Waals surface area contributed by atoms with Gasteiger partial charge in [-0.05, 0) is 39.2 Å². The number of hydrogen-bond acceptors (Lipinski definition) is 5. The number of nitrogens with one attached hydrogen (secondary N) is 1. The quantitative estimate of drug-likeness (QED) is 0.777. The van der Waals surface area contributed by atoms with E-state index in [4.69, 9.17) is 4.52 Å². The van der Waals surface area contributed by atoms with Gasteiger partial charge in [0.2, 0.25) is 10.0 Å². The van der Waals surface area contributed by atoms with Gasteiger partial charge in [-0.2, -0.15) is 0 Å². The maximum absolute atomic E-state index is 12.0. The van der Waals surface area contributed by atoms with Crippen molar-refractivity contribution in [3.63, 3.8) is 0 Å². The molecule has 0 bridgehead atoms. The summed E-state index contributed by atoms with van der Waals surface area (Å²) >= 11 is 0. The molecule has 0 aliphatic rings. The van der Waals surface area contributed by atoms with Crippen molar-refractivity contribution in [2.45, 2.75) is 12.2 Å². The number of benzene rings is 1. The molecule has 0 atom stereocenters. The predicted molar refractivity (Wildman–Crippen MR) is 77.8 cm³/mol. The standard InChI is InChI=1S/C13H19N3O3S/c1-16(2)9-5-8-14-20(17,18)10-12-11-6-3-4-7-13(11)19-15-12/h3-4,6-7,14H,5,8-10H2,1-2H3. The molecule has 1 heterocycles. The molecular weight excluding hydrogens is 278 g/mol. The fraction of sp³-hybridized carbons (Fsp3) is 0.462. The molecule has 7 heteroatoms. The lowest BCUT2D eigenvalue weighted by Crippen LogP contribution is -2.28. The van der Waals surface area contributed by atoms with Crippen molar-refractivity contribution >= 4 is 21.0 Å². The van der Waals surface area contributed by atoms with Gasteiger partial charge >= 0.3 is 0 Å². The van der Waals surface area contributed by atoms with Gasteiger partial charge in [0.25, 0.3) is 0 Å². The van der Waals surface area contributed by atoms with Crippen LogP contribution >= 0.6 is 0 Å². The van der Waals surface area contributed by atoms with Crippen LogP contribution in [0.25, 0.3) is 11.0 Å². The number of aromatic nitrogens is 1. The minimum atomic E-state index is -3.38. The predicted octanol–water partition coefficient (Wildman–Crippen LogP) is 1.20. The Bertz CT molecular complexity index is 664. The smallest absolute Gasteiger partial charge is 0.217 e. The Kier molecular flexibility index (Phi) is 4.74. The summed E-state index contributed by atoms with van der Waals surface area (Å²) in [6.07, 6.45) is 0.770. The number of sulfonamides is 1. The summed E-state index contributed by atoms with van der Waals surface area (Å²) in [5, 5.41) is 4.58. The third-order valence-electron chi connectivity index (χ3n) is 2.88. The lowest BCUT2D eigenvalue weighted by Gasteiger charge is -2.09. The Labute approximate surface area is 118 Å². The molecule has 1 aromatic carbocycles. The molecule has 0 aliphatic carbocycles. The average molecular weight is 297 g/mol. The van der Waals surface area contributed by atoms with E-state index in [0.29, 0.717) is 17.8 Å². The van der Waals surface area contributed by atoms with E-state index >= 15 is 0 Å². The first kappa shape index (κ1) is 15.0. The Balaban J connectivity index is 1.98. The number of rotatable bonds is 7. The minimum absolute atomic E-state index is 0.161. The second-order valence-corrected chi connectivity index (χ2v) is 6.74. The van der Waals surface area contributed by atoms with Crippen LogP contribution in [0.15, 0.2) is 28.8 Å². The van der Waals surface area contributed by atoms with Crippen LogP contribution < -0.4 is 4.72 Å². The summed E-state index contributed by atoms with van der Waals surface area (Å²) in [5.41, 5.74) is 1.05. The SMILES string of the molecule is CN(C)CCCNS(=O)(=O)Cc1noc2ccccc12. The molecule has 1 N–H and O–H groups in total. The highest BCUT2D eigenvalue weighted by Crippen LogP contribution is 2.19. The summed E-state index contributed by atoms with van der Waals surface area (Å²) in [6.45, 7) is 1.27. The van der Waals surface area contributed by atoms with Crippen molar-refractivity contribution in [1.82, 2.24) is 14.8 Å². The highest BCUT2D eigenvalue weighted by molar-refractivity contribution is 7.88. The first-order valence-corrected chi connectivity index (χ1v) is 8.08. The molecule has 0 saturated carbocycles. The van der Waals surface area contributed by atoms with Crippen LogP contribution in [0.3, 0.4) is 0 Å². The maximum Gasteiger partial charge on any atom is 0.217 e. The van der Waals surface area contributed by atoms with Gasteiger partial charge < -0.3 is 9.42 Å². The van der Waals surface area contributed by atoms with Crippen LogP contribution in [-0.2, 0) is 15.8 Å². The Hall–Kier alpha value is -1.44. The first-order valence-electron chi connectivity index (χ1n) is 6.43. The van der Waals surface area contributed by atoms with E-state index in [1.54, 1.807) is 6.07 Å². The largest absolute Gasteiger partial charge is 0.356 e. The van der Waals surface area contributed by atoms with Crippen LogP contribution in [-0.4, -0.2) is 45.7 Å². The van der Waals surface area contributed by atoms with E-state index in [0.717, 1.165) is 18.4 Å². The zero-order valence-electron chi connectivity index (χ0n) is 11.7. The molecule has 0 amide bonds. The molecule has 20 heavy (non-hydrogen) atoms. The Morgan fingerprint density at radius 2 is 2.05 bits per heavy atom. The fourth-order valence-corrected chi connectivity index (χ4v) is 3.02. The van der Waals surface area contributed by atoms with Crippen LogP contribution in [0, 0.1) is 0 Å². The molecule has 110 valence electrons. The molecule has 0 saturated heterocycles. The summed E-state index contributed by atoms with van der Waals surface area (Å²) in [6, 6.07) is 7.23. The van der Waals surface area contributed by atoms with Gasteiger partial charge in [0.15, 0.2) is 5.58 Å². The number of hydrogen-bond donors (Lipinski definition) is 1. The van der Waals surface area contributed by atoms with Crippen LogP contribution in [0.2, 0.25) is 0 Å². The molecule has 6 nitrogen and oxygen atoms in total. The fourth-order valence-electron chi connectivity index (χ4n) is 1.90. The lowest BCUT2D eigenvalue weighted by molar-refractivity contribution is 0.400. The van der Waals surface area contributed by atoms with Crippen molar-refractivity contribution in [2.75, 3.05) is 27.2 Å². The van der Waals surface area contributed by atoms with Gasteiger partial charge in [0, 0.05) is 11.9 Å². The third kappa shape index (κ3) is 4.03.